The second-order valence-electron chi connectivity index (χ2n) is 19.5. The molecule has 0 N–H and O–H groups in total. The van der Waals surface area contributed by atoms with Gasteiger partial charge in [-0.05, 0) is 92.4 Å². The number of benzene rings is 8. The smallest absolute Gasteiger partial charge is 0.135 e. The predicted octanol–water partition coefficient (Wildman–Crippen LogP) is 16.9. The van der Waals surface area contributed by atoms with Crippen LogP contribution in [0.3, 0.4) is 0 Å². The topological polar surface area (TPSA) is 33.5 Å². The van der Waals surface area contributed by atoms with Crippen LogP contribution in [0.15, 0.2) is 188 Å². The Bertz CT molecular complexity index is 3750. The fourth-order valence-electron chi connectivity index (χ4n) is 9.26. The number of pyridine rings is 1. The third-order valence-electron chi connectivity index (χ3n) is 12.8. The largest absolute Gasteiger partial charge is 0.509 e. The molecular weight excluding hydrogens is 1020 g/mol. The van der Waals surface area contributed by atoms with Crippen molar-refractivity contribution in [2.24, 2.45) is 0 Å². The van der Waals surface area contributed by atoms with Gasteiger partial charge < -0.3 is 19.1 Å². The third kappa shape index (κ3) is 8.55. The van der Waals surface area contributed by atoms with Crippen molar-refractivity contribution in [3.05, 3.63) is 224 Å². The summed E-state index contributed by atoms with van der Waals surface area (Å²) in [5.41, 5.74) is 13.6. The SMILES string of the molecule is [2H]c1c([2H])c([2H])c(-c2cnc(-n3c4[c-]c(Oc5[c-]c(N6[CH-]N(c7cc(C(C)(C)C)cc(C(C)(C)C)c7)c7c(-c8ccccc8)cccc76)ccc5)ccc4c4c(-c5ccccc5)cccc43)cc2C)c([2H])c1[2H].[Pt]. The van der Waals surface area contributed by atoms with Crippen LogP contribution in [0.2, 0.25) is 0 Å². The van der Waals surface area contributed by atoms with Crippen molar-refractivity contribution in [3.63, 3.8) is 0 Å². The second kappa shape index (κ2) is 18.0. The summed E-state index contributed by atoms with van der Waals surface area (Å²) in [6.45, 7) is 17.6. The van der Waals surface area contributed by atoms with E-state index < -0.39 is 6.04 Å². The average molecular weight is 1080 g/mol. The number of hydrogen-bond acceptors (Lipinski definition) is 4. The number of aryl methyl sites for hydroxylation is 1. The molecule has 0 unspecified atom stereocenters. The monoisotopic (exact) mass is 1080 g/mol. The summed E-state index contributed by atoms with van der Waals surface area (Å²) in [6, 6.07) is 57.8. The van der Waals surface area contributed by atoms with E-state index in [1.807, 2.05) is 61.5 Å². The van der Waals surface area contributed by atoms with E-state index in [0.29, 0.717) is 28.4 Å². The molecule has 1 aliphatic rings. The van der Waals surface area contributed by atoms with Crippen LogP contribution in [0.5, 0.6) is 11.5 Å². The van der Waals surface area contributed by atoms with Gasteiger partial charge in [0.15, 0.2) is 0 Å². The molecule has 8 aromatic carbocycles. The predicted molar refractivity (Wildman–Crippen MR) is 283 cm³/mol. The molecule has 10 aromatic rings. The maximum Gasteiger partial charge on any atom is 0.135 e. The van der Waals surface area contributed by atoms with Gasteiger partial charge in [0.2, 0.25) is 0 Å². The first kappa shape index (κ1) is 39.8. The fraction of sp³-hybridized carbons (Fsp3) is 0.143. The van der Waals surface area contributed by atoms with Crippen LogP contribution in [-0.2, 0) is 31.9 Å². The number of para-hydroxylation sites is 1. The molecule has 344 valence electrons. The Hall–Kier alpha value is -7.20. The number of rotatable bonds is 8. The number of anilines is 4. The van der Waals surface area contributed by atoms with E-state index in [1.54, 1.807) is 6.20 Å². The van der Waals surface area contributed by atoms with Gasteiger partial charge in [-0.1, -0.05) is 168 Å². The van der Waals surface area contributed by atoms with E-state index in [9.17, 15) is 0 Å². The molecule has 0 atom stereocenters. The number of ether oxygens (including phenoxy) is 1. The Morgan fingerprint density at radius 3 is 1.91 bits per heavy atom. The summed E-state index contributed by atoms with van der Waals surface area (Å²) in [7, 11) is 0. The fourth-order valence-corrected chi connectivity index (χ4v) is 9.26. The minimum Gasteiger partial charge on any atom is -0.509 e. The van der Waals surface area contributed by atoms with Gasteiger partial charge in [-0.3, -0.25) is 0 Å². The van der Waals surface area contributed by atoms with Crippen LogP contribution in [0.4, 0.5) is 22.7 Å². The molecule has 0 bridgehead atoms. The molecule has 0 spiro atoms. The summed E-state index contributed by atoms with van der Waals surface area (Å²) >= 11 is 0. The van der Waals surface area contributed by atoms with Crippen molar-refractivity contribution in [2.45, 2.75) is 59.3 Å². The second-order valence-corrected chi connectivity index (χ2v) is 19.5. The zero-order valence-corrected chi connectivity index (χ0v) is 41.9. The minimum absolute atomic E-state index is 0. The van der Waals surface area contributed by atoms with E-state index in [-0.39, 0.29) is 61.6 Å². The normalized spacial score (nSPS) is 13.6. The maximum atomic E-state index is 8.70. The van der Waals surface area contributed by atoms with Crippen molar-refractivity contribution < 1.29 is 32.7 Å². The Morgan fingerprint density at radius 1 is 0.594 bits per heavy atom. The van der Waals surface area contributed by atoms with Gasteiger partial charge in [0.1, 0.15) is 5.82 Å². The first-order valence-electron chi connectivity index (χ1n) is 25.5. The molecule has 6 heteroatoms. The summed E-state index contributed by atoms with van der Waals surface area (Å²) in [4.78, 5) is 9.45. The molecule has 0 radical (unpaired) electrons. The number of fused-ring (bicyclic) bond motifs is 4. The first-order chi connectivity index (χ1) is 35.0. The van der Waals surface area contributed by atoms with Gasteiger partial charge in [0, 0.05) is 72.5 Å². The Labute approximate surface area is 428 Å². The van der Waals surface area contributed by atoms with Crippen LogP contribution in [0, 0.1) is 25.7 Å². The molecule has 69 heavy (non-hydrogen) atoms. The quantitative estimate of drug-likeness (QED) is 0.142. The molecule has 1 aliphatic heterocycles. The van der Waals surface area contributed by atoms with Gasteiger partial charge in [0.25, 0.3) is 0 Å². The van der Waals surface area contributed by atoms with E-state index in [2.05, 4.69) is 172 Å². The Balaban J connectivity index is 0.00000626. The Morgan fingerprint density at radius 2 is 1.23 bits per heavy atom. The van der Waals surface area contributed by atoms with Crippen molar-refractivity contribution in [3.8, 4) is 50.7 Å². The van der Waals surface area contributed by atoms with Crippen LogP contribution in [0.25, 0.3) is 61.0 Å². The molecule has 11 rings (SSSR count). The summed E-state index contributed by atoms with van der Waals surface area (Å²) < 4.78 is 51.0. The van der Waals surface area contributed by atoms with Crippen molar-refractivity contribution >= 4 is 44.6 Å². The van der Waals surface area contributed by atoms with Gasteiger partial charge in [-0.2, -0.15) is 12.1 Å². The van der Waals surface area contributed by atoms with Crippen LogP contribution in [0.1, 0.15) is 65.1 Å². The van der Waals surface area contributed by atoms with E-state index >= 15 is 0 Å². The molecular formula is C63H53N4OPt-3. The average Bonchev–Trinajstić information content (AvgIpc) is 3.94. The van der Waals surface area contributed by atoms with Gasteiger partial charge in [-0.25, -0.2) is 4.98 Å². The number of nitrogens with zero attached hydrogens (tertiary/aromatic N) is 4. The molecule has 0 saturated carbocycles. The zero-order valence-electron chi connectivity index (χ0n) is 44.6. The van der Waals surface area contributed by atoms with E-state index in [4.69, 9.17) is 16.6 Å². The third-order valence-corrected chi connectivity index (χ3v) is 12.8. The summed E-state index contributed by atoms with van der Waals surface area (Å²) in [6.07, 6.45) is 1.60. The van der Waals surface area contributed by atoms with Crippen LogP contribution >= 0.6 is 0 Å². The number of hydrogen-bond donors (Lipinski definition) is 0. The molecule has 5 nitrogen and oxygen atoms in total. The zero-order chi connectivity index (χ0) is 51.1. The molecule has 0 fully saturated rings. The molecule has 0 amide bonds. The van der Waals surface area contributed by atoms with Gasteiger partial charge in [-0.15, -0.1) is 48.1 Å². The van der Waals surface area contributed by atoms with Crippen molar-refractivity contribution in [1.82, 2.24) is 9.55 Å². The van der Waals surface area contributed by atoms with Gasteiger partial charge in [0.05, 0.1) is 6.85 Å². The summed E-state index contributed by atoms with van der Waals surface area (Å²) in [5.74, 6) is 1.56. The van der Waals surface area contributed by atoms with Crippen molar-refractivity contribution in [1.29, 1.82) is 0 Å². The van der Waals surface area contributed by atoms with Crippen LogP contribution in [-0.4, -0.2) is 9.55 Å². The maximum absolute atomic E-state index is 8.70. The standard InChI is InChI=1S/C63H53N4O.Pt/c1-42-34-59(64-40-55(42)45-24-15-10-16-25-45)67-56-30-18-28-52(43-20-11-8-12-21-43)60(56)54-33-32-51(39-58(54)67)68-50-27-17-26-48(38-50)65-41-66(49-36-46(62(2,3)4)35-47(37-49)63(5,6)7)61-53(29-19-31-57(61)65)44-22-13-9-14-23-44;/h8-37,40-41H,1-7H3;/q-3;/i10D,15D,16D,24D,25D;. The Kier molecular flexibility index (Phi) is 10.4. The van der Waals surface area contributed by atoms with E-state index in [1.165, 1.54) is 11.1 Å². The molecule has 3 heterocycles. The molecule has 0 saturated heterocycles. The summed E-state index contributed by atoms with van der Waals surface area (Å²) in [5, 5.41) is 1.95. The van der Waals surface area contributed by atoms with Crippen molar-refractivity contribution in [2.75, 3.05) is 9.80 Å². The molecule has 0 aliphatic carbocycles. The van der Waals surface area contributed by atoms with Crippen LogP contribution < -0.4 is 14.5 Å². The minimum atomic E-state index is -0.436. The van der Waals surface area contributed by atoms with Gasteiger partial charge >= 0.3 is 0 Å². The molecule has 2 aromatic heterocycles. The number of aromatic nitrogens is 2. The van der Waals surface area contributed by atoms with E-state index in [0.717, 1.165) is 66.8 Å². The first-order valence-corrected chi connectivity index (χ1v) is 23.0.